The van der Waals surface area contributed by atoms with Crippen molar-refractivity contribution in [2.75, 3.05) is 6.54 Å². The lowest BCUT2D eigenvalue weighted by Gasteiger charge is -2.30. The molecule has 7 heteroatoms. The minimum atomic E-state index is -3.71. The van der Waals surface area contributed by atoms with Crippen LogP contribution in [0.5, 0.6) is 0 Å². The molecule has 1 unspecified atom stereocenters. The number of carboxylic acid groups (broad SMARTS) is 1. The first kappa shape index (κ1) is 15.4. The van der Waals surface area contributed by atoms with Crippen molar-refractivity contribution in [1.82, 2.24) is 9.03 Å². The molecule has 0 aromatic carbocycles. The van der Waals surface area contributed by atoms with E-state index in [-0.39, 0.29) is 12.6 Å². The minimum absolute atomic E-state index is 0.241. The molecule has 6 nitrogen and oxygen atoms in total. The van der Waals surface area contributed by atoms with Crippen LogP contribution in [0.2, 0.25) is 0 Å². The molecule has 0 saturated carbocycles. The molecule has 2 N–H and O–H groups in total. The van der Waals surface area contributed by atoms with Gasteiger partial charge in [0.1, 0.15) is 6.04 Å². The summed E-state index contributed by atoms with van der Waals surface area (Å²) in [5, 5.41) is 9.19. The first-order valence-corrected chi connectivity index (χ1v) is 7.80. The van der Waals surface area contributed by atoms with Crippen LogP contribution in [0.25, 0.3) is 0 Å². The summed E-state index contributed by atoms with van der Waals surface area (Å²) in [5.41, 5.74) is 0. The Morgan fingerprint density at radius 2 is 1.89 bits per heavy atom. The Bertz CT molecular complexity index is 381. The average Bonchev–Trinajstić information content (AvgIpc) is 2.12. The van der Waals surface area contributed by atoms with Gasteiger partial charge < -0.3 is 5.11 Å². The van der Waals surface area contributed by atoms with E-state index in [1.807, 2.05) is 0 Å². The number of carboxylic acids is 1. The first-order chi connectivity index (χ1) is 8.34. The van der Waals surface area contributed by atoms with Crippen LogP contribution in [0.4, 0.5) is 0 Å². The lowest BCUT2D eigenvalue weighted by atomic mass is 10.0. The molecule has 1 saturated heterocycles. The van der Waals surface area contributed by atoms with Crippen molar-refractivity contribution in [3.8, 4) is 0 Å². The van der Waals surface area contributed by atoms with Crippen molar-refractivity contribution in [2.24, 2.45) is 0 Å². The van der Waals surface area contributed by atoms with Crippen molar-refractivity contribution in [3.05, 3.63) is 0 Å². The van der Waals surface area contributed by atoms with Crippen LogP contribution in [-0.2, 0) is 15.0 Å². The number of nitrogens with one attached hydrogen (secondary N) is 1. The van der Waals surface area contributed by atoms with E-state index in [0.29, 0.717) is 12.8 Å². The first-order valence-electron chi connectivity index (χ1n) is 6.36. The van der Waals surface area contributed by atoms with Gasteiger partial charge in [-0.3, -0.25) is 4.79 Å². The molecular weight excluding hydrogens is 256 g/mol. The normalized spacial score (nSPS) is 23.6. The molecule has 0 bridgehead atoms. The van der Waals surface area contributed by atoms with Crippen molar-refractivity contribution < 1.29 is 18.3 Å². The topological polar surface area (TPSA) is 86.7 Å². The Balaban J connectivity index is 2.93. The Morgan fingerprint density at radius 1 is 1.28 bits per heavy atom. The molecule has 1 rings (SSSR count). The zero-order valence-electron chi connectivity index (χ0n) is 10.9. The van der Waals surface area contributed by atoms with Crippen molar-refractivity contribution in [1.29, 1.82) is 0 Å². The predicted octanol–water partition coefficient (Wildman–Crippen LogP) is 0.948. The number of hydrogen-bond acceptors (Lipinski definition) is 3. The molecule has 18 heavy (non-hydrogen) atoms. The van der Waals surface area contributed by atoms with Gasteiger partial charge in [0.05, 0.1) is 0 Å². The van der Waals surface area contributed by atoms with Gasteiger partial charge >= 0.3 is 5.97 Å². The summed E-state index contributed by atoms with van der Waals surface area (Å²) in [4.78, 5) is 11.2. The van der Waals surface area contributed by atoms with E-state index in [0.717, 1.165) is 23.6 Å². The molecule has 1 aliphatic heterocycles. The highest BCUT2D eigenvalue weighted by molar-refractivity contribution is 7.87. The molecule has 0 amide bonds. The molecule has 106 valence electrons. The number of hydrogen-bond donors (Lipinski definition) is 2. The SMILES string of the molecule is CC(C)NS(=O)(=O)N1CCCCCCC1C(=O)O. The second kappa shape index (κ2) is 6.49. The van der Waals surface area contributed by atoms with Gasteiger partial charge in [-0.1, -0.05) is 19.3 Å². The minimum Gasteiger partial charge on any atom is -0.480 e. The lowest BCUT2D eigenvalue weighted by Crippen LogP contribution is -2.52. The number of aliphatic carboxylic acids is 1. The summed E-state index contributed by atoms with van der Waals surface area (Å²) in [6.07, 6.45) is 3.76. The van der Waals surface area contributed by atoms with E-state index >= 15 is 0 Å². The smallest absolute Gasteiger partial charge is 0.322 e. The molecule has 0 spiro atoms. The van der Waals surface area contributed by atoms with Crippen molar-refractivity contribution in [2.45, 2.75) is 58.0 Å². The van der Waals surface area contributed by atoms with Crippen LogP contribution in [0, 0.1) is 0 Å². The highest BCUT2D eigenvalue weighted by Crippen LogP contribution is 2.19. The fraction of sp³-hybridized carbons (Fsp3) is 0.909. The zero-order chi connectivity index (χ0) is 13.8. The van der Waals surface area contributed by atoms with Gasteiger partial charge in [0.15, 0.2) is 0 Å². The second-order valence-corrected chi connectivity index (χ2v) is 6.60. The predicted molar refractivity (Wildman–Crippen MR) is 68.4 cm³/mol. The number of nitrogens with zero attached hydrogens (tertiary/aromatic N) is 1. The van der Waals surface area contributed by atoms with E-state index in [4.69, 9.17) is 0 Å². The summed E-state index contributed by atoms with van der Waals surface area (Å²) in [5.74, 6) is -1.06. The molecule has 0 radical (unpaired) electrons. The maximum Gasteiger partial charge on any atom is 0.322 e. The van der Waals surface area contributed by atoms with Crippen LogP contribution < -0.4 is 4.72 Å². The largest absolute Gasteiger partial charge is 0.480 e. The quantitative estimate of drug-likeness (QED) is 0.801. The van der Waals surface area contributed by atoms with E-state index < -0.39 is 22.2 Å². The van der Waals surface area contributed by atoms with Crippen LogP contribution in [0.3, 0.4) is 0 Å². The van der Waals surface area contributed by atoms with Crippen molar-refractivity contribution in [3.63, 3.8) is 0 Å². The Labute approximate surface area is 109 Å². The lowest BCUT2D eigenvalue weighted by molar-refractivity contribution is -0.141. The van der Waals surface area contributed by atoms with Gasteiger partial charge in [-0.25, -0.2) is 0 Å². The molecule has 1 atom stereocenters. The standard InChI is InChI=1S/C11H22N2O4S/c1-9(2)12-18(16,17)13-8-6-4-3-5-7-10(13)11(14)15/h9-10,12H,3-8H2,1-2H3,(H,14,15). The molecule has 0 aliphatic carbocycles. The van der Waals surface area contributed by atoms with Gasteiger partial charge in [0.25, 0.3) is 10.2 Å². The monoisotopic (exact) mass is 278 g/mol. The summed E-state index contributed by atoms with van der Waals surface area (Å²) < 4.78 is 27.8. The molecule has 0 aromatic rings. The Hall–Kier alpha value is -0.660. The highest BCUT2D eigenvalue weighted by Gasteiger charge is 2.35. The van der Waals surface area contributed by atoms with Crippen molar-refractivity contribution >= 4 is 16.2 Å². The third kappa shape index (κ3) is 4.22. The fourth-order valence-electron chi connectivity index (χ4n) is 2.16. The summed E-state index contributed by atoms with van der Waals surface area (Å²) in [7, 11) is -3.71. The van der Waals surface area contributed by atoms with Gasteiger partial charge in [-0.15, -0.1) is 0 Å². The zero-order valence-corrected chi connectivity index (χ0v) is 11.7. The molecular formula is C11H22N2O4S. The third-order valence-corrected chi connectivity index (χ3v) is 4.76. The van der Waals surface area contributed by atoms with Gasteiger partial charge in [-0.2, -0.15) is 17.4 Å². The average molecular weight is 278 g/mol. The fourth-order valence-corrected chi connectivity index (χ4v) is 3.79. The number of rotatable bonds is 4. The molecule has 1 fully saturated rings. The second-order valence-electron chi connectivity index (χ2n) is 4.95. The summed E-state index contributed by atoms with van der Waals surface area (Å²) in [6.45, 7) is 3.72. The third-order valence-electron chi connectivity index (χ3n) is 2.93. The van der Waals surface area contributed by atoms with E-state index in [1.54, 1.807) is 13.8 Å². The molecule has 1 heterocycles. The van der Waals surface area contributed by atoms with Crippen LogP contribution in [0.1, 0.15) is 46.0 Å². The Kier molecular flexibility index (Phi) is 5.55. The van der Waals surface area contributed by atoms with E-state index in [1.165, 1.54) is 0 Å². The highest BCUT2D eigenvalue weighted by atomic mass is 32.2. The van der Waals surface area contributed by atoms with Crippen LogP contribution in [0.15, 0.2) is 0 Å². The summed E-state index contributed by atoms with van der Waals surface area (Å²) >= 11 is 0. The van der Waals surface area contributed by atoms with Crippen LogP contribution in [-0.4, -0.2) is 42.4 Å². The molecule has 0 aromatic heterocycles. The number of carbonyl (C=O) groups is 1. The maximum atomic E-state index is 12.1. The maximum absolute atomic E-state index is 12.1. The Morgan fingerprint density at radius 3 is 2.44 bits per heavy atom. The van der Waals surface area contributed by atoms with Crippen LogP contribution >= 0.6 is 0 Å². The van der Waals surface area contributed by atoms with E-state index in [9.17, 15) is 18.3 Å². The van der Waals surface area contributed by atoms with Gasteiger partial charge in [-0.05, 0) is 26.7 Å². The summed E-state index contributed by atoms with van der Waals surface area (Å²) in [6, 6.07) is -1.18. The molecule has 1 aliphatic rings. The van der Waals surface area contributed by atoms with E-state index in [2.05, 4.69) is 4.72 Å². The van der Waals surface area contributed by atoms with Gasteiger partial charge in [0, 0.05) is 12.6 Å². The van der Waals surface area contributed by atoms with Gasteiger partial charge in [0.2, 0.25) is 0 Å².